The van der Waals surface area contributed by atoms with E-state index in [0.29, 0.717) is 5.75 Å². The van der Waals surface area contributed by atoms with E-state index in [2.05, 4.69) is 31.9 Å². The molecule has 0 unspecified atom stereocenters. The van der Waals surface area contributed by atoms with E-state index >= 15 is 0 Å². The molecule has 0 N–H and O–H groups in total. The van der Waals surface area contributed by atoms with Gasteiger partial charge in [-0.05, 0) is 56.5 Å². The van der Waals surface area contributed by atoms with Gasteiger partial charge in [-0.25, -0.2) is 0 Å². The number of carbonyl (C=O) groups excluding carboxylic acids is 2. The Labute approximate surface area is 121 Å². The minimum Gasteiger partial charge on any atom is -0.452 e. The lowest BCUT2D eigenvalue weighted by Gasteiger charge is -2.14. The number of ketones is 2. The average molecular weight is 372 g/mol. The lowest BCUT2D eigenvalue weighted by molar-refractivity contribution is -0.116. The Morgan fingerprint density at radius 2 is 1.89 bits per heavy atom. The molecular formula is C13H8Br2O3. The standard InChI is InChI=1S/C13H8Br2O3/c1-7-3-2-4-8(5-7)18-13-11(15)10(16)6-9(14)12(13)17/h2-6H,1H3. The molecule has 0 heterocycles. The fraction of sp³-hybridized carbons (Fsp3) is 0.0769. The monoisotopic (exact) mass is 370 g/mol. The molecule has 0 fully saturated rings. The average Bonchev–Trinajstić information content (AvgIpc) is 2.32. The van der Waals surface area contributed by atoms with Gasteiger partial charge in [-0.1, -0.05) is 12.1 Å². The van der Waals surface area contributed by atoms with Crippen LogP contribution in [0.1, 0.15) is 5.56 Å². The second kappa shape index (κ2) is 5.20. The van der Waals surface area contributed by atoms with Gasteiger partial charge in [0, 0.05) is 6.08 Å². The van der Waals surface area contributed by atoms with Crippen LogP contribution in [0.3, 0.4) is 0 Å². The Hall–Kier alpha value is -1.20. The normalized spacial score (nSPS) is 15.8. The zero-order valence-electron chi connectivity index (χ0n) is 9.37. The Morgan fingerprint density at radius 3 is 2.56 bits per heavy atom. The van der Waals surface area contributed by atoms with E-state index in [1.54, 1.807) is 12.1 Å². The van der Waals surface area contributed by atoms with E-state index in [0.717, 1.165) is 5.56 Å². The Kier molecular flexibility index (Phi) is 3.82. The van der Waals surface area contributed by atoms with Crippen molar-refractivity contribution >= 4 is 43.4 Å². The van der Waals surface area contributed by atoms with Crippen LogP contribution in [0.15, 0.2) is 45.1 Å². The SMILES string of the molecule is Cc1cccc(OC2=C(Br)C(=O)C=C(Br)C2=O)c1. The van der Waals surface area contributed by atoms with Gasteiger partial charge in [0.2, 0.25) is 5.78 Å². The predicted molar refractivity (Wildman–Crippen MR) is 74.8 cm³/mol. The third-order valence-electron chi connectivity index (χ3n) is 2.31. The molecule has 2 rings (SSSR count). The zero-order valence-corrected chi connectivity index (χ0v) is 12.5. The molecule has 1 aliphatic rings. The molecule has 0 saturated carbocycles. The van der Waals surface area contributed by atoms with Gasteiger partial charge in [-0.15, -0.1) is 0 Å². The summed E-state index contributed by atoms with van der Waals surface area (Å²) < 4.78 is 5.82. The predicted octanol–water partition coefficient (Wildman–Crippen LogP) is 3.41. The molecule has 3 nitrogen and oxygen atoms in total. The number of allylic oxidation sites excluding steroid dienone is 3. The number of hydrogen-bond acceptors (Lipinski definition) is 3. The van der Waals surface area contributed by atoms with Gasteiger partial charge in [0.25, 0.3) is 0 Å². The number of carbonyl (C=O) groups is 2. The summed E-state index contributed by atoms with van der Waals surface area (Å²) in [5.74, 6) is -0.141. The highest BCUT2D eigenvalue weighted by molar-refractivity contribution is 9.12. The summed E-state index contributed by atoms with van der Waals surface area (Å²) in [6, 6.07) is 7.25. The Bertz CT molecular complexity index is 600. The van der Waals surface area contributed by atoms with Crippen molar-refractivity contribution in [3.05, 3.63) is 50.6 Å². The molecule has 0 aromatic heterocycles. The molecule has 5 heteroatoms. The van der Waals surface area contributed by atoms with Crippen LogP contribution in [0.2, 0.25) is 0 Å². The number of benzene rings is 1. The van der Waals surface area contributed by atoms with E-state index < -0.39 is 0 Å². The van der Waals surface area contributed by atoms with Crippen LogP contribution in [-0.2, 0) is 9.59 Å². The van der Waals surface area contributed by atoms with Crippen molar-refractivity contribution in [1.82, 2.24) is 0 Å². The molecule has 0 amide bonds. The first kappa shape index (κ1) is 13.2. The fourth-order valence-electron chi connectivity index (χ4n) is 1.45. The van der Waals surface area contributed by atoms with Gasteiger partial charge in [-0.3, -0.25) is 9.59 Å². The van der Waals surface area contributed by atoms with Gasteiger partial charge in [-0.2, -0.15) is 0 Å². The molecule has 1 aromatic carbocycles. The van der Waals surface area contributed by atoms with Crippen molar-refractivity contribution in [2.24, 2.45) is 0 Å². The minimum atomic E-state index is -0.358. The largest absolute Gasteiger partial charge is 0.452 e. The quantitative estimate of drug-likeness (QED) is 0.748. The maximum absolute atomic E-state index is 11.9. The second-order valence-electron chi connectivity index (χ2n) is 3.75. The number of ether oxygens (including phenoxy) is 1. The summed E-state index contributed by atoms with van der Waals surface area (Å²) in [5, 5.41) is 0. The van der Waals surface area contributed by atoms with Crippen molar-refractivity contribution in [3.8, 4) is 5.75 Å². The molecule has 0 spiro atoms. The summed E-state index contributed by atoms with van der Waals surface area (Å²) in [5.41, 5.74) is 1.01. The van der Waals surface area contributed by atoms with Crippen molar-refractivity contribution in [1.29, 1.82) is 0 Å². The highest BCUT2D eigenvalue weighted by atomic mass is 79.9. The molecule has 18 heavy (non-hydrogen) atoms. The van der Waals surface area contributed by atoms with Crippen LogP contribution in [0.25, 0.3) is 0 Å². The summed E-state index contributed by atoms with van der Waals surface area (Å²) in [7, 11) is 0. The van der Waals surface area contributed by atoms with Crippen LogP contribution >= 0.6 is 31.9 Å². The van der Waals surface area contributed by atoms with Crippen molar-refractivity contribution in [2.75, 3.05) is 0 Å². The summed E-state index contributed by atoms with van der Waals surface area (Å²) >= 11 is 6.13. The van der Waals surface area contributed by atoms with Crippen molar-refractivity contribution in [2.45, 2.75) is 6.92 Å². The van der Waals surface area contributed by atoms with Gasteiger partial charge >= 0.3 is 0 Å². The smallest absolute Gasteiger partial charge is 0.236 e. The third kappa shape index (κ3) is 2.62. The number of rotatable bonds is 2. The second-order valence-corrected chi connectivity index (χ2v) is 5.39. The van der Waals surface area contributed by atoms with Crippen LogP contribution < -0.4 is 4.74 Å². The van der Waals surface area contributed by atoms with Crippen LogP contribution in [0.5, 0.6) is 5.75 Å². The van der Waals surface area contributed by atoms with Crippen LogP contribution in [0.4, 0.5) is 0 Å². The first-order valence-corrected chi connectivity index (χ1v) is 6.68. The summed E-state index contributed by atoms with van der Waals surface area (Å²) in [6.07, 6.45) is 1.22. The van der Waals surface area contributed by atoms with Gasteiger partial charge in [0.1, 0.15) is 10.2 Å². The summed E-state index contributed by atoms with van der Waals surface area (Å²) in [4.78, 5) is 23.5. The number of hydrogen-bond donors (Lipinski definition) is 0. The third-order valence-corrected chi connectivity index (χ3v) is 3.65. The zero-order chi connectivity index (χ0) is 13.3. The molecule has 0 bridgehead atoms. The van der Waals surface area contributed by atoms with Gasteiger partial charge < -0.3 is 4.74 Å². The van der Waals surface area contributed by atoms with E-state index in [-0.39, 0.29) is 26.3 Å². The maximum atomic E-state index is 11.9. The van der Waals surface area contributed by atoms with Crippen LogP contribution in [-0.4, -0.2) is 11.6 Å². The lowest BCUT2D eigenvalue weighted by atomic mass is 10.1. The van der Waals surface area contributed by atoms with Gasteiger partial charge in [0.05, 0.1) is 4.48 Å². The van der Waals surface area contributed by atoms with E-state index in [9.17, 15) is 9.59 Å². The summed E-state index contributed by atoms with van der Waals surface area (Å²) in [6.45, 7) is 1.92. The number of halogens is 2. The van der Waals surface area contributed by atoms with Crippen molar-refractivity contribution < 1.29 is 14.3 Å². The minimum absolute atomic E-state index is 0.0000231. The van der Waals surface area contributed by atoms with E-state index in [4.69, 9.17) is 4.74 Å². The lowest BCUT2D eigenvalue weighted by Crippen LogP contribution is -2.18. The fourth-order valence-corrected chi connectivity index (χ4v) is 2.22. The molecule has 0 aliphatic heterocycles. The highest BCUT2D eigenvalue weighted by Gasteiger charge is 2.28. The molecular weight excluding hydrogens is 364 g/mol. The van der Waals surface area contributed by atoms with Gasteiger partial charge in [0.15, 0.2) is 11.5 Å². The molecule has 92 valence electrons. The number of aryl methyl sites for hydroxylation is 1. The van der Waals surface area contributed by atoms with E-state index in [1.807, 2.05) is 19.1 Å². The van der Waals surface area contributed by atoms with E-state index in [1.165, 1.54) is 6.08 Å². The first-order chi connectivity index (χ1) is 8.49. The Morgan fingerprint density at radius 1 is 1.17 bits per heavy atom. The first-order valence-electron chi connectivity index (χ1n) is 5.09. The Balaban J connectivity index is 2.36. The molecule has 0 radical (unpaired) electrons. The number of Topliss-reactive ketones (excluding diaryl/α,β-unsaturated/α-hetero) is 1. The van der Waals surface area contributed by atoms with Crippen molar-refractivity contribution in [3.63, 3.8) is 0 Å². The molecule has 1 aliphatic carbocycles. The molecule has 0 saturated heterocycles. The highest BCUT2D eigenvalue weighted by Crippen LogP contribution is 2.28. The van der Waals surface area contributed by atoms with Crippen LogP contribution in [0, 0.1) is 6.92 Å². The maximum Gasteiger partial charge on any atom is 0.236 e. The topological polar surface area (TPSA) is 43.4 Å². The molecule has 0 atom stereocenters. The molecule has 1 aromatic rings.